The molecule has 4 heteroatoms. The summed E-state index contributed by atoms with van der Waals surface area (Å²) in [7, 11) is 0. The van der Waals surface area contributed by atoms with Gasteiger partial charge in [0, 0.05) is 25.7 Å². The highest BCUT2D eigenvalue weighted by molar-refractivity contribution is 6.33. The van der Waals surface area contributed by atoms with Crippen LogP contribution in [0, 0.1) is 6.92 Å². The lowest BCUT2D eigenvalue weighted by atomic mass is 9.89. The van der Waals surface area contributed by atoms with E-state index in [-0.39, 0.29) is 5.60 Å². The first-order valence-electron chi connectivity index (χ1n) is 6.91. The normalized spacial score (nSPS) is 30.7. The standard InChI is InChI=1S/C15H20ClNO2/c1-11-2-3-14(13(16)8-11)17-12-4-6-19-15(9-12)5-7-18-10-15/h2-3,8,12,17H,4-7,9-10H2,1H3. The molecule has 0 aliphatic carbocycles. The number of rotatable bonds is 2. The zero-order valence-electron chi connectivity index (χ0n) is 11.2. The number of hydrogen-bond acceptors (Lipinski definition) is 3. The topological polar surface area (TPSA) is 30.5 Å². The van der Waals surface area contributed by atoms with Crippen LogP contribution < -0.4 is 5.32 Å². The maximum Gasteiger partial charge on any atom is 0.0956 e. The molecule has 0 aromatic heterocycles. The van der Waals surface area contributed by atoms with Gasteiger partial charge >= 0.3 is 0 Å². The van der Waals surface area contributed by atoms with Crippen LogP contribution in [0.4, 0.5) is 5.69 Å². The minimum Gasteiger partial charge on any atom is -0.381 e. The van der Waals surface area contributed by atoms with E-state index >= 15 is 0 Å². The lowest BCUT2D eigenvalue weighted by molar-refractivity contribution is -0.0828. The first-order chi connectivity index (χ1) is 9.17. The summed E-state index contributed by atoms with van der Waals surface area (Å²) in [6.45, 7) is 4.39. The molecule has 2 saturated heterocycles. The first-order valence-corrected chi connectivity index (χ1v) is 7.29. The summed E-state index contributed by atoms with van der Waals surface area (Å²) in [5.41, 5.74) is 2.14. The van der Waals surface area contributed by atoms with Crippen molar-refractivity contribution >= 4 is 17.3 Å². The monoisotopic (exact) mass is 281 g/mol. The fraction of sp³-hybridized carbons (Fsp3) is 0.600. The van der Waals surface area contributed by atoms with E-state index in [2.05, 4.69) is 24.4 Å². The molecule has 1 N–H and O–H groups in total. The summed E-state index contributed by atoms with van der Waals surface area (Å²) in [6.07, 6.45) is 3.02. The largest absolute Gasteiger partial charge is 0.381 e. The highest BCUT2D eigenvalue weighted by Gasteiger charge is 2.41. The van der Waals surface area contributed by atoms with Crippen LogP contribution in [0.2, 0.25) is 5.02 Å². The van der Waals surface area contributed by atoms with Crippen LogP contribution in [0.25, 0.3) is 0 Å². The van der Waals surface area contributed by atoms with E-state index in [1.165, 1.54) is 5.56 Å². The molecule has 19 heavy (non-hydrogen) atoms. The molecule has 2 unspecified atom stereocenters. The van der Waals surface area contributed by atoms with Crippen LogP contribution >= 0.6 is 11.6 Å². The van der Waals surface area contributed by atoms with E-state index in [0.29, 0.717) is 6.04 Å². The smallest absolute Gasteiger partial charge is 0.0956 e. The molecule has 3 nitrogen and oxygen atoms in total. The summed E-state index contributed by atoms with van der Waals surface area (Å²) in [6, 6.07) is 6.56. The molecule has 1 spiro atoms. The average molecular weight is 282 g/mol. The quantitative estimate of drug-likeness (QED) is 0.901. The van der Waals surface area contributed by atoms with Gasteiger partial charge in [-0.15, -0.1) is 0 Å². The van der Waals surface area contributed by atoms with Gasteiger partial charge < -0.3 is 14.8 Å². The fourth-order valence-electron chi connectivity index (χ4n) is 2.97. The minimum absolute atomic E-state index is 0.0624. The van der Waals surface area contributed by atoms with Gasteiger partial charge in [0.1, 0.15) is 0 Å². The maximum atomic E-state index is 6.28. The lowest BCUT2D eigenvalue weighted by Gasteiger charge is -2.37. The Morgan fingerprint density at radius 1 is 1.37 bits per heavy atom. The molecule has 0 amide bonds. The van der Waals surface area contributed by atoms with Crippen LogP contribution in [0.15, 0.2) is 18.2 Å². The summed E-state index contributed by atoms with van der Waals surface area (Å²) in [4.78, 5) is 0. The van der Waals surface area contributed by atoms with Crippen molar-refractivity contribution in [1.29, 1.82) is 0 Å². The zero-order valence-corrected chi connectivity index (χ0v) is 12.0. The molecule has 1 aromatic carbocycles. The van der Waals surface area contributed by atoms with Crippen molar-refractivity contribution in [2.24, 2.45) is 0 Å². The number of ether oxygens (including phenoxy) is 2. The number of benzene rings is 1. The van der Waals surface area contributed by atoms with E-state index in [4.69, 9.17) is 21.1 Å². The highest BCUT2D eigenvalue weighted by Crippen LogP contribution is 2.35. The first kappa shape index (κ1) is 13.2. The zero-order chi connectivity index (χ0) is 13.3. The minimum atomic E-state index is -0.0624. The van der Waals surface area contributed by atoms with Crippen molar-refractivity contribution < 1.29 is 9.47 Å². The van der Waals surface area contributed by atoms with E-state index in [1.807, 2.05) is 6.07 Å². The number of nitrogens with one attached hydrogen (secondary N) is 1. The van der Waals surface area contributed by atoms with Gasteiger partial charge in [-0.1, -0.05) is 17.7 Å². The summed E-state index contributed by atoms with van der Waals surface area (Å²) in [5, 5.41) is 4.35. The Bertz CT molecular complexity index is 457. The SMILES string of the molecule is Cc1ccc(NC2CCOC3(CCOC3)C2)c(Cl)c1. The number of aryl methyl sites for hydroxylation is 1. The van der Waals surface area contributed by atoms with Crippen molar-refractivity contribution in [1.82, 2.24) is 0 Å². The Labute approximate surface area is 119 Å². The number of halogens is 1. The molecule has 0 radical (unpaired) electrons. The van der Waals surface area contributed by atoms with Crippen LogP contribution in [0.3, 0.4) is 0 Å². The Hall–Kier alpha value is -0.770. The Morgan fingerprint density at radius 2 is 2.26 bits per heavy atom. The Kier molecular flexibility index (Phi) is 3.70. The van der Waals surface area contributed by atoms with Gasteiger partial charge in [0.05, 0.1) is 22.9 Å². The highest BCUT2D eigenvalue weighted by atomic mass is 35.5. The van der Waals surface area contributed by atoms with Crippen LogP contribution in [0.5, 0.6) is 0 Å². The average Bonchev–Trinajstić information content (AvgIpc) is 2.81. The molecule has 0 bridgehead atoms. The third-order valence-corrected chi connectivity index (χ3v) is 4.36. The van der Waals surface area contributed by atoms with Gasteiger partial charge in [-0.2, -0.15) is 0 Å². The second kappa shape index (κ2) is 5.31. The second-order valence-corrected chi connectivity index (χ2v) is 6.06. The predicted molar refractivity (Wildman–Crippen MR) is 77.0 cm³/mol. The lowest BCUT2D eigenvalue weighted by Crippen LogP contribution is -2.44. The van der Waals surface area contributed by atoms with Gasteiger partial charge in [0.25, 0.3) is 0 Å². The van der Waals surface area contributed by atoms with Crippen molar-refractivity contribution in [3.63, 3.8) is 0 Å². The third kappa shape index (κ3) is 2.88. The van der Waals surface area contributed by atoms with E-state index in [9.17, 15) is 0 Å². The Balaban J connectivity index is 1.69. The van der Waals surface area contributed by atoms with Gasteiger partial charge in [-0.3, -0.25) is 0 Å². The van der Waals surface area contributed by atoms with Gasteiger partial charge in [-0.05, 0) is 37.5 Å². The molecule has 104 valence electrons. The predicted octanol–water partition coefficient (Wildman–Crippen LogP) is 3.40. The van der Waals surface area contributed by atoms with Crippen molar-refractivity contribution in [2.75, 3.05) is 25.1 Å². The van der Waals surface area contributed by atoms with Crippen molar-refractivity contribution in [3.8, 4) is 0 Å². The third-order valence-electron chi connectivity index (χ3n) is 4.04. The molecular weight excluding hydrogens is 262 g/mol. The van der Waals surface area contributed by atoms with Crippen molar-refractivity contribution in [2.45, 2.75) is 37.8 Å². The maximum absolute atomic E-state index is 6.28. The second-order valence-electron chi connectivity index (χ2n) is 5.65. The molecule has 2 fully saturated rings. The van der Waals surface area contributed by atoms with E-state index < -0.39 is 0 Å². The van der Waals surface area contributed by atoms with E-state index in [1.54, 1.807) is 0 Å². The van der Waals surface area contributed by atoms with Gasteiger partial charge in [0.2, 0.25) is 0 Å². The summed E-state index contributed by atoms with van der Waals surface area (Å²) >= 11 is 6.28. The molecule has 1 aromatic rings. The van der Waals surface area contributed by atoms with Crippen LogP contribution in [-0.4, -0.2) is 31.5 Å². The molecule has 2 aliphatic heterocycles. The molecule has 0 saturated carbocycles. The van der Waals surface area contributed by atoms with Gasteiger partial charge in [-0.25, -0.2) is 0 Å². The Morgan fingerprint density at radius 3 is 3.00 bits per heavy atom. The van der Waals surface area contributed by atoms with Crippen LogP contribution in [-0.2, 0) is 9.47 Å². The summed E-state index contributed by atoms with van der Waals surface area (Å²) in [5.74, 6) is 0. The van der Waals surface area contributed by atoms with Gasteiger partial charge in [0.15, 0.2) is 0 Å². The van der Waals surface area contributed by atoms with Crippen LogP contribution in [0.1, 0.15) is 24.8 Å². The number of hydrogen-bond donors (Lipinski definition) is 1. The molecule has 3 rings (SSSR count). The summed E-state index contributed by atoms with van der Waals surface area (Å²) < 4.78 is 11.4. The molecule has 2 aliphatic rings. The molecule has 2 heterocycles. The number of anilines is 1. The molecule has 2 atom stereocenters. The van der Waals surface area contributed by atoms with E-state index in [0.717, 1.165) is 49.8 Å². The fourth-order valence-corrected chi connectivity index (χ4v) is 3.26. The van der Waals surface area contributed by atoms with Crippen molar-refractivity contribution in [3.05, 3.63) is 28.8 Å². The molecular formula is C15H20ClNO2.